The Hall–Kier alpha value is -1.55. The van der Waals surface area contributed by atoms with E-state index in [1.807, 2.05) is 0 Å². The Kier molecular flexibility index (Phi) is 3.64. The molecule has 1 heterocycles. The summed E-state index contributed by atoms with van der Waals surface area (Å²) in [5.74, 6) is -0.254. The van der Waals surface area contributed by atoms with Gasteiger partial charge in [0.15, 0.2) is 0 Å². The molecule has 1 atom stereocenters. The van der Waals surface area contributed by atoms with E-state index < -0.39 is 0 Å². The summed E-state index contributed by atoms with van der Waals surface area (Å²) in [4.78, 5) is 23.1. The second kappa shape index (κ2) is 5.19. The third-order valence-corrected chi connectivity index (χ3v) is 3.03. The van der Waals surface area contributed by atoms with Gasteiger partial charge >= 0.3 is 0 Å². The van der Waals surface area contributed by atoms with Crippen LogP contribution in [0.15, 0.2) is 24.3 Å². The molecule has 4 nitrogen and oxygen atoms in total. The summed E-state index contributed by atoms with van der Waals surface area (Å²) in [7, 11) is 0. The van der Waals surface area contributed by atoms with Crippen LogP contribution in [0.3, 0.4) is 0 Å². The van der Waals surface area contributed by atoms with Gasteiger partial charge in [0.2, 0.25) is 5.91 Å². The van der Waals surface area contributed by atoms with Crippen LogP contribution < -0.4 is 10.6 Å². The first-order valence-electron chi connectivity index (χ1n) is 5.49. The molecule has 1 fully saturated rings. The topological polar surface area (TPSA) is 58.2 Å². The lowest BCUT2D eigenvalue weighted by atomic mass is 10.1. The van der Waals surface area contributed by atoms with E-state index in [0.717, 1.165) is 6.42 Å². The molecule has 1 aromatic carbocycles. The van der Waals surface area contributed by atoms with Gasteiger partial charge in [0.1, 0.15) is 0 Å². The average Bonchev–Trinajstić information content (AvgIpc) is 2.29. The summed E-state index contributed by atoms with van der Waals surface area (Å²) in [6, 6.07) is 6.76. The molecule has 0 aromatic heterocycles. The molecule has 0 saturated carbocycles. The largest absolute Gasteiger partial charge is 0.356 e. The number of hydrogen-bond acceptors (Lipinski definition) is 2. The minimum absolute atomic E-state index is 0.0271. The Labute approximate surface area is 104 Å². The molecule has 1 aromatic rings. The first kappa shape index (κ1) is 11.9. The number of piperidine rings is 1. The molecule has 2 rings (SSSR count). The Morgan fingerprint density at radius 3 is 2.88 bits per heavy atom. The van der Waals surface area contributed by atoms with E-state index in [4.69, 9.17) is 11.6 Å². The van der Waals surface area contributed by atoms with Crippen molar-refractivity contribution in [2.45, 2.75) is 18.9 Å². The fraction of sp³-hybridized carbons (Fsp3) is 0.333. The molecule has 1 aliphatic heterocycles. The molecule has 0 spiro atoms. The van der Waals surface area contributed by atoms with Crippen molar-refractivity contribution in [2.24, 2.45) is 0 Å². The minimum atomic E-state index is -0.227. The van der Waals surface area contributed by atoms with Gasteiger partial charge in [-0.05, 0) is 18.6 Å². The Morgan fingerprint density at radius 2 is 2.18 bits per heavy atom. The summed E-state index contributed by atoms with van der Waals surface area (Å²) in [6.45, 7) is 0.603. The molecule has 1 saturated heterocycles. The van der Waals surface area contributed by atoms with Crippen LogP contribution in [0.1, 0.15) is 23.2 Å². The van der Waals surface area contributed by atoms with Crippen molar-refractivity contribution in [1.29, 1.82) is 0 Å². The molecule has 0 aliphatic carbocycles. The van der Waals surface area contributed by atoms with Gasteiger partial charge < -0.3 is 10.6 Å². The lowest BCUT2D eigenvalue weighted by Crippen LogP contribution is -2.45. The zero-order valence-electron chi connectivity index (χ0n) is 9.20. The highest BCUT2D eigenvalue weighted by molar-refractivity contribution is 6.33. The van der Waals surface area contributed by atoms with E-state index in [-0.39, 0.29) is 17.9 Å². The number of amides is 2. The third kappa shape index (κ3) is 2.97. The van der Waals surface area contributed by atoms with Crippen LogP contribution in [-0.4, -0.2) is 24.4 Å². The van der Waals surface area contributed by atoms with Crippen LogP contribution in [0.25, 0.3) is 0 Å². The van der Waals surface area contributed by atoms with Gasteiger partial charge in [0.25, 0.3) is 5.91 Å². The van der Waals surface area contributed by atoms with E-state index in [1.165, 1.54) is 0 Å². The zero-order chi connectivity index (χ0) is 12.3. The van der Waals surface area contributed by atoms with Crippen molar-refractivity contribution in [1.82, 2.24) is 10.6 Å². The first-order valence-corrected chi connectivity index (χ1v) is 5.86. The van der Waals surface area contributed by atoms with Crippen LogP contribution in [0.5, 0.6) is 0 Å². The number of carbonyl (C=O) groups excluding carboxylic acids is 2. The van der Waals surface area contributed by atoms with Crippen LogP contribution >= 0.6 is 11.6 Å². The van der Waals surface area contributed by atoms with Crippen LogP contribution in [0.4, 0.5) is 0 Å². The molecule has 90 valence electrons. The first-order chi connectivity index (χ1) is 8.16. The monoisotopic (exact) mass is 252 g/mol. The summed E-state index contributed by atoms with van der Waals surface area (Å²) in [5.41, 5.74) is 0.445. The van der Waals surface area contributed by atoms with Crippen molar-refractivity contribution >= 4 is 23.4 Å². The highest BCUT2D eigenvalue weighted by atomic mass is 35.5. The third-order valence-electron chi connectivity index (χ3n) is 2.70. The number of halogens is 1. The number of nitrogens with one attached hydrogen (secondary N) is 2. The summed E-state index contributed by atoms with van der Waals surface area (Å²) >= 11 is 5.93. The van der Waals surface area contributed by atoms with Gasteiger partial charge in [-0.3, -0.25) is 9.59 Å². The number of benzene rings is 1. The molecule has 0 bridgehead atoms. The van der Waals surface area contributed by atoms with Crippen LogP contribution in [-0.2, 0) is 4.79 Å². The van der Waals surface area contributed by atoms with Crippen molar-refractivity contribution in [3.05, 3.63) is 34.9 Å². The van der Waals surface area contributed by atoms with E-state index in [0.29, 0.717) is 23.6 Å². The maximum atomic E-state index is 11.9. The van der Waals surface area contributed by atoms with Crippen LogP contribution in [0, 0.1) is 0 Å². The van der Waals surface area contributed by atoms with E-state index in [2.05, 4.69) is 10.6 Å². The highest BCUT2D eigenvalue weighted by Crippen LogP contribution is 2.15. The van der Waals surface area contributed by atoms with Gasteiger partial charge in [0.05, 0.1) is 10.6 Å². The number of carbonyl (C=O) groups is 2. The molecule has 17 heavy (non-hydrogen) atoms. The smallest absolute Gasteiger partial charge is 0.253 e. The molecule has 5 heteroatoms. The van der Waals surface area contributed by atoms with Crippen molar-refractivity contribution in [3.63, 3.8) is 0 Å². The normalized spacial score (nSPS) is 19.6. The number of rotatable bonds is 2. The molecule has 0 radical (unpaired) electrons. The van der Waals surface area contributed by atoms with Gasteiger partial charge in [-0.2, -0.15) is 0 Å². The quantitative estimate of drug-likeness (QED) is 0.835. The van der Waals surface area contributed by atoms with Gasteiger partial charge in [-0.1, -0.05) is 23.7 Å². The SMILES string of the molecule is O=C1CC(NC(=O)c2ccccc2Cl)CCN1. The predicted octanol–water partition coefficient (Wildman–Crippen LogP) is 1.35. The van der Waals surface area contributed by atoms with Gasteiger partial charge in [-0.25, -0.2) is 0 Å². The second-order valence-electron chi connectivity index (χ2n) is 3.99. The highest BCUT2D eigenvalue weighted by Gasteiger charge is 2.21. The lowest BCUT2D eigenvalue weighted by Gasteiger charge is -2.23. The second-order valence-corrected chi connectivity index (χ2v) is 4.40. The molecular weight excluding hydrogens is 240 g/mol. The minimum Gasteiger partial charge on any atom is -0.356 e. The fourth-order valence-electron chi connectivity index (χ4n) is 1.82. The summed E-state index contributed by atoms with van der Waals surface area (Å²) < 4.78 is 0. The Balaban J connectivity index is 2.02. The van der Waals surface area contributed by atoms with E-state index >= 15 is 0 Å². The standard InChI is InChI=1S/C12H13ClN2O2/c13-10-4-2-1-3-9(10)12(17)15-8-5-6-14-11(16)7-8/h1-4,8H,5-7H2,(H,14,16)(H,15,17). The predicted molar refractivity (Wildman–Crippen MR) is 64.9 cm³/mol. The fourth-order valence-corrected chi connectivity index (χ4v) is 2.04. The molecular formula is C12H13ClN2O2. The molecule has 1 unspecified atom stereocenters. The molecule has 2 N–H and O–H groups in total. The maximum Gasteiger partial charge on any atom is 0.253 e. The maximum absolute atomic E-state index is 11.9. The number of hydrogen-bond donors (Lipinski definition) is 2. The van der Waals surface area contributed by atoms with Crippen molar-refractivity contribution < 1.29 is 9.59 Å². The molecule has 1 aliphatic rings. The Bertz CT molecular complexity index is 448. The van der Waals surface area contributed by atoms with Gasteiger partial charge in [0, 0.05) is 19.0 Å². The van der Waals surface area contributed by atoms with E-state index in [9.17, 15) is 9.59 Å². The zero-order valence-corrected chi connectivity index (χ0v) is 9.96. The Morgan fingerprint density at radius 1 is 1.41 bits per heavy atom. The van der Waals surface area contributed by atoms with Crippen molar-refractivity contribution in [3.8, 4) is 0 Å². The van der Waals surface area contributed by atoms with Crippen molar-refractivity contribution in [2.75, 3.05) is 6.54 Å². The summed E-state index contributed by atoms with van der Waals surface area (Å²) in [5, 5.41) is 5.96. The molecule has 2 amide bonds. The van der Waals surface area contributed by atoms with Crippen LogP contribution in [0.2, 0.25) is 5.02 Å². The average molecular weight is 253 g/mol. The summed E-state index contributed by atoms with van der Waals surface area (Å²) in [6.07, 6.45) is 1.08. The van der Waals surface area contributed by atoms with E-state index in [1.54, 1.807) is 24.3 Å². The van der Waals surface area contributed by atoms with Gasteiger partial charge in [-0.15, -0.1) is 0 Å². The lowest BCUT2D eigenvalue weighted by molar-refractivity contribution is -0.122.